The number of aryl methyl sites for hydroxylation is 1. The molecule has 0 atom stereocenters. The lowest BCUT2D eigenvalue weighted by atomic mass is 9.89. The second-order valence-electron chi connectivity index (χ2n) is 7.50. The van der Waals surface area contributed by atoms with Crippen molar-refractivity contribution in [3.8, 4) is 5.75 Å². The quantitative estimate of drug-likeness (QED) is 0.463. The van der Waals surface area contributed by atoms with Gasteiger partial charge in [0.15, 0.2) is 5.78 Å². The fraction of sp³-hybridized carbons (Fsp3) is 0.550. The van der Waals surface area contributed by atoms with Crippen LogP contribution in [0, 0.1) is 12.3 Å². The highest BCUT2D eigenvalue weighted by Gasteiger charge is 2.12. The predicted molar refractivity (Wildman–Crippen MR) is 99.6 cm³/mol. The monoisotopic (exact) mass is 366 g/mol. The van der Waals surface area contributed by atoms with Crippen molar-refractivity contribution in [2.75, 3.05) is 0 Å². The maximum atomic E-state index is 11.5. The van der Waals surface area contributed by atoms with Crippen LogP contribution < -0.4 is 0 Å². The molecule has 0 saturated heterocycles. The highest BCUT2D eigenvalue weighted by molar-refractivity contribution is 5.99. The van der Waals surface area contributed by atoms with Crippen LogP contribution in [-0.2, 0) is 9.59 Å². The minimum Gasteiger partial charge on any atom is -0.507 e. The van der Waals surface area contributed by atoms with Gasteiger partial charge in [-0.15, -0.1) is 0 Å². The Balaban J connectivity index is 0.000000508. The molecule has 0 saturated carbocycles. The lowest BCUT2D eigenvalue weighted by Gasteiger charge is -2.16. The second kappa shape index (κ2) is 11.3. The van der Waals surface area contributed by atoms with E-state index in [0.717, 1.165) is 24.8 Å². The third-order valence-corrected chi connectivity index (χ3v) is 3.59. The smallest absolute Gasteiger partial charge is 0.303 e. The molecule has 1 aromatic carbocycles. The molecule has 0 amide bonds. The molecule has 26 heavy (non-hydrogen) atoms. The van der Waals surface area contributed by atoms with E-state index in [1.54, 1.807) is 19.1 Å². The summed E-state index contributed by atoms with van der Waals surface area (Å²) in [6, 6.07) is 4.67. The van der Waals surface area contributed by atoms with E-state index in [9.17, 15) is 19.5 Å². The van der Waals surface area contributed by atoms with Crippen LogP contribution in [0.2, 0.25) is 0 Å². The average molecular weight is 366 g/mol. The molecule has 1 aromatic rings. The molecule has 0 aromatic heterocycles. The molecule has 0 aliphatic carbocycles. The van der Waals surface area contributed by atoms with Crippen molar-refractivity contribution in [3.05, 3.63) is 29.3 Å². The van der Waals surface area contributed by atoms with Gasteiger partial charge in [0.05, 0.1) is 12.0 Å². The van der Waals surface area contributed by atoms with Gasteiger partial charge >= 0.3 is 11.9 Å². The largest absolute Gasteiger partial charge is 0.507 e. The minimum absolute atomic E-state index is 0.0909. The molecule has 0 unspecified atom stereocenters. The number of carbonyl (C=O) groups is 3. The van der Waals surface area contributed by atoms with E-state index in [1.165, 1.54) is 6.07 Å². The summed E-state index contributed by atoms with van der Waals surface area (Å²) < 4.78 is 0. The first-order chi connectivity index (χ1) is 11.9. The number of carbonyl (C=O) groups excluding carboxylic acids is 1. The van der Waals surface area contributed by atoms with Crippen LogP contribution in [-0.4, -0.2) is 33.0 Å². The summed E-state index contributed by atoms with van der Waals surface area (Å²) in [5.74, 6) is -2.15. The van der Waals surface area contributed by atoms with Crippen LogP contribution in [0.25, 0.3) is 0 Å². The molecule has 0 spiro atoms. The first-order valence-corrected chi connectivity index (χ1v) is 8.69. The number of hydrogen-bond donors (Lipinski definition) is 3. The molecule has 3 N–H and O–H groups in total. The first kappa shape index (κ1) is 23.6. The number of carboxylic acids is 2. The summed E-state index contributed by atoms with van der Waals surface area (Å²) in [6.07, 6.45) is 2.96. The zero-order valence-electron chi connectivity index (χ0n) is 16.0. The molecular formula is C20H30O6. The number of aromatic hydroxyl groups is 1. The normalized spacial score (nSPS) is 10.6. The zero-order valence-corrected chi connectivity index (χ0v) is 16.0. The molecule has 0 fully saturated rings. The number of carboxylic acid groups (broad SMARTS) is 2. The number of Topliss-reactive ketones (excluding diaryl/α,β-unsaturated/α-hetero) is 1. The van der Waals surface area contributed by atoms with E-state index >= 15 is 0 Å². The van der Waals surface area contributed by atoms with Crippen molar-refractivity contribution < 1.29 is 29.7 Å². The van der Waals surface area contributed by atoms with Gasteiger partial charge in [-0.2, -0.15) is 0 Å². The Morgan fingerprint density at radius 1 is 0.923 bits per heavy atom. The topological polar surface area (TPSA) is 112 Å². The highest BCUT2D eigenvalue weighted by Crippen LogP contribution is 2.22. The number of phenolic OH excluding ortho intramolecular Hbond substituents is 1. The fourth-order valence-electron chi connectivity index (χ4n) is 2.16. The van der Waals surface area contributed by atoms with Crippen molar-refractivity contribution in [1.29, 1.82) is 0 Å². The second-order valence-corrected chi connectivity index (χ2v) is 7.50. The summed E-state index contributed by atoms with van der Waals surface area (Å²) >= 11 is 0. The van der Waals surface area contributed by atoms with E-state index < -0.39 is 11.9 Å². The number of aliphatic carboxylic acids is 2. The Morgan fingerprint density at radius 3 is 2.00 bits per heavy atom. The Labute approximate surface area is 154 Å². The fourth-order valence-corrected chi connectivity index (χ4v) is 2.16. The van der Waals surface area contributed by atoms with Crippen molar-refractivity contribution in [2.24, 2.45) is 5.41 Å². The van der Waals surface area contributed by atoms with Crippen molar-refractivity contribution in [3.63, 3.8) is 0 Å². The average Bonchev–Trinajstić information content (AvgIpc) is 2.51. The van der Waals surface area contributed by atoms with Gasteiger partial charge in [-0.05, 0) is 37.3 Å². The minimum atomic E-state index is -1.02. The van der Waals surface area contributed by atoms with Gasteiger partial charge in [0.25, 0.3) is 0 Å². The number of benzene rings is 1. The van der Waals surface area contributed by atoms with Gasteiger partial charge in [0.2, 0.25) is 0 Å². The van der Waals surface area contributed by atoms with Crippen LogP contribution >= 0.6 is 0 Å². The molecule has 0 aliphatic rings. The van der Waals surface area contributed by atoms with E-state index in [0.29, 0.717) is 11.8 Å². The molecule has 0 aliphatic heterocycles. The van der Waals surface area contributed by atoms with Crippen LogP contribution in [0.15, 0.2) is 18.2 Å². The molecule has 0 heterocycles. The Hall–Kier alpha value is -2.37. The summed E-state index contributed by atoms with van der Waals surface area (Å²) in [7, 11) is 0. The number of phenols is 1. The highest BCUT2D eigenvalue weighted by atomic mass is 16.4. The maximum Gasteiger partial charge on any atom is 0.303 e. The first-order valence-electron chi connectivity index (χ1n) is 8.69. The lowest BCUT2D eigenvalue weighted by Crippen LogP contribution is -2.04. The number of rotatable bonds is 8. The predicted octanol–water partition coefficient (Wildman–Crippen LogP) is 4.43. The van der Waals surface area contributed by atoms with Gasteiger partial charge in [0, 0.05) is 12.8 Å². The third kappa shape index (κ3) is 12.1. The third-order valence-electron chi connectivity index (χ3n) is 3.59. The Morgan fingerprint density at radius 2 is 1.50 bits per heavy atom. The molecule has 146 valence electrons. The van der Waals surface area contributed by atoms with Crippen molar-refractivity contribution in [2.45, 2.75) is 66.2 Å². The number of ketones is 1. The SMILES string of the molecule is CC(C)(C)CCCCC(=O)O.Cc1ccc(O)c(C(=O)CCC(=O)O)c1. The molecular weight excluding hydrogens is 336 g/mol. The van der Waals surface area contributed by atoms with Gasteiger partial charge in [0.1, 0.15) is 5.75 Å². The van der Waals surface area contributed by atoms with Gasteiger partial charge in [-0.3, -0.25) is 14.4 Å². The maximum absolute atomic E-state index is 11.5. The van der Waals surface area contributed by atoms with Crippen molar-refractivity contribution >= 4 is 17.7 Å². The van der Waals surface area contributed by atoms with Crippen molar-refractivity contribution in [1.82, 2.24) is 0 Å². The van der Waals surface area contributed by atoms with E-state index in [4.69, 9.17) is 10.2 Å². The summed E-state index contributed by atoms with van der Waals surface area (Å²) in [5.41, 5.74) is 1.39. The molecule has 1 rings (SSSR count). The van der Waals surface area contributed by atoms with Gasteiger partial charge in [-0.25, -0.2) is 0 Å². The molecule has 6 nitrogen and oxygen atoms in total. The van der Waals surface area contributed by atoms with E-state index in [1.807, 2.05) is 0 Å². The van der Waals surface area contributed by atoms with Crippen LogP contribution in [0.5, 0.6) is 5.75 Å². The summed E-state index contributed by atoms with van der Waals surface area (Å²) in [5, 5.41) is 26.2. The summed E-state index contributed by atoms with van der Waals surface area (Å²) in [6.45, 7) is 8.32. The van der Waals surface area contributed by atoms with E-state index in [-0.39, 0.29) is 29.9 Å². The number of unbranched alkanes of at least 4 members (excludes halogenated alkanes) is 1. The standard InChI is InChI=1S/C11H12O4.C9H18O2/c1-7-2-3-9(12)8(6-7)10(13)4-5-11(14)15;1-9(2,3)7-5-4-6-8(10)11/h2-3,6,12H,4-5H2,1H3,(H,14,15);4-7H2,1-3H3,(H,10,11). The number of hydrogen-bond acceptors (Lipinski definition) is 4. The lowest BCUT2D eigenvalue weighted by molar-refractivity contribution is -0.138. The van der Waals surface area contributed by atoms with E-state index in [2.05, 4.69) is 20.8 Å². The Bertz CT molecular complexity index is 613. The van der Waals surface area contributed by atoms with Crippen LogP contribution in [0.4, 0.5) is 0 Å². The zero-order chi connectivity index (χ0) is 20.3. The molecule has 0 bridgehead atoms. The van der Waals surface area contributed by atoms with Crippen LogP contribution in [0.3, 0.4) is 0 Å². The molecule has 0 radical (unpaired) electrons. The Kier molecular flexibility index (Phi) is 10.3. The van der Waals surface area contributed by atoms with Gasteiger partial charge < -0.3 is 15.3 Å². The van der Waals surface area contributed by atoms with Gasteiger partial charge in [-0.1, -0.05) is 38.8 Å². The summed E-state index contributed by atoms with van der Waals surface area (Å²) in [4.78, 5) is 31.9. The van der Waals surface area contributed by atoms with Crippen LogP contribution in [0.1, 0.15) is 75.2 Å². The molecule has 6 heteroatoms.